The van der Waals surface area contributed by atoms with Crippen LogP contribution in [0.3, 0.4) is 0 Å². The monoisotopic (exact) mass is 242 g/mol. The molecule has 0 radical (unpaired) electrons. The molecule has 18 heavy (non-hydrogen) atoms. The molecule has 1 fully saturated rings. The van der Waals surface area contributed by atoms with Crippen molar-refractivity contribution in [2.24, 2.45) is 17.8 Å². The van der Waals surface area contributed by atoms with Crippen LogP contribution in [0.5, 0.6) is 0 Å². The number of hydrogen-bond acceptors (Lipinski definition) is 2. The van der Waals surface area contributed by atoms with Crippen molar-refractivity contribution >= 4 is 0 Å². The molecule has 1 N–H and O–H groups in total. The zero-order valence-corrected chi connectivity index (χ0v) is 11.2. The number of fused-ring (bicyclic) bond motifs is 2. The topological polar surface area (TPSA) is 24.9 Å². The Morgan fingerprint density at radius 3 is 2.78 bits per heavy atom. The van der Waals surface area contributed by atoms with Crippen molar-refractivity contribution in [1.29, 1.82) is 0 Å². The Morgan fingerprint density at radius 1 is 1.28 bits per heavy atom. The molecule has 96 valence electrons. The van der Waals surface area contributed by atoms with Crippen LogP contribution in [0.1, 0.15) is 38.3 Å². The van der Waals surface area contributed by atoms with Crippen LogP contribution in [0.15, 0.2) is 36.7 Å². The predicted molar refractivity (Wildman–Crippen MR) is 74.1 cm³/mol. The summed E-state index contributed by atoms with van der Waals surface area (Å²) in [7, 11) is 0. The maximum Gasteiger partial charge on any atom is 0.0315 e. The molecule has 3 rings (SSSR count). The van der Waals surface area contributed by atoms with Gasteiger partial charge >= 0.3 is 0 Å². The Morgan fingerprint density at radius 2 is 2.17 bits per heavy atom. The van der Waals surface area contributed by atoms with Crippen LogP contribution < -0.4 is 5.32 Å². The lowest BCUT2D eigenvalue weighted by atomic mass is 9.87. The van der Waals surface area contributed by atoms with E-state index in [1.165, 1.54) is 18.4 Å². The van der Waals surface area contributed by atoms with E-state index in [2.05, 4.69) is 42.4 Å². The first-order valence-electron chi connectivity index (χ1n) is 7.08. The van der Waals surface area contributed by atoms with Crippen LogP contribution in [0.2, 0.25) is 0 Å². The average molecular weight is 242 g/mol. The number of aromatic nitrogens is 1. The minimum Gasteiger partial charge on any atom is -0.307 e. The fourth-order valence-corrected chi connectivity index (χ4v) is 3.64. The standard InChI is InChI=1S/C16H22N2/c1-11(15-4-3-7-17-10-15)18-12(2)16-9-13-5-6-14(16)8-13/h3-7,10-14,16,18H,8-9H2,1-2H3/t11-,12?,13?,14?,16?/m0/s1. The number of rotatable bonds is 4. The van der Waals surface area contributed by atoms with Gasteiger partial charge in [-0.1, -0.05) is 18.2 Å². The van der Waals surface area contributed by atoms with E-state index in [9.17, 15) is 0 Å². The van der Waals surface area contributed by atoms with E-state index >= 15 is 0 Å². The molecule has 0 aromatic carbocycles. The average Bonchev–Trinajstić information content (AvgIpc) is 3.02. The lowest BCUT2D eigenvalue weighted by Gasteiger charge is -2.29. The largest absolute Gasteiger partial charge is 0.307 e. The van der Waals surface area contributed by atoms with Crippen molar-refractivity contribution in [3.63, 3.8) is 0 Å². The van der Waals surface area contributed by atoms with Gasteiger partial charge < -0.3 is 5.32 Å². The quantitative estimate of drug-likeness (QED) is 0.819. The van der Waals surface area contributed by atoms with Crippen LogP contribution in [-0.4, -0.2) is 11.0 Å². The molecule has 1 aromatic rings. The molecule has 2 nitrogen and oxygen atoms in total. The van der Waals surface area contributed by atoms with Crippen molar-refractivity contribution in [3.05, 3.63) is 42.2 Å². The van der Waals surface area contributed by atoms with Crippen molar-refractivity contribution in [2.75, 3.05) is 0 Å². The van der Waals surface area contributed by atoms with Crippen LogP contribution in [0.25, 0.3) is 0 Å². The molecule has 0 aliphatic heterocycles. The predicted octanol–water partition coefficient (Wildman–Crippen LogP) is 3.33. The van der Waals surface area contributed by atoms with Gasteiger partial charge in [-0.05, 0) is 56.1 Å². The van der Waals surface area contributed by atoms with Gasteiger partial charge in [0, 0.05) is 24.5 Å². The second kappa shape index (κ2) is 4.85. The normalized spacial score (nSPS) is 32.7. The third-order valence-electron chi connectivity index (χ3n) is 4.67. The van der Waals surface area contributed by atoms with Crippen molar-refractivity contribution in [2.45, 2.75) is 38.8 Å². The third-order valence-corrected chi connectivity index (χ3v) is 4.67. The van der Waals surface area contributed by atoms with Gasteiger partial charge in [0.05, 0.1) is 0 Å². The van der Waals surface area contributed by atoms with Crippen LogP contribution in [0.4, 0.5) is 0 Å². The maximum absolute atomic E-state index is 4.20. The highest BCUT2D eigenvalue weighted by molar-refractivity contribution is 5.15. The Hall–Kier alpha value is -1.15. The van der Waals surface area contributed by atoms with E-state index in [1.807, 2.05) is 18.5 Å². The van der Waals surface area contributed by atoms with Crippen molar-refractivity contribution < 1.29 is 0 Å². The molecule has 4 unspecified atom stereocenters. The molecule has 0 spiro atoms. The van der Waals surface area contributed by atoms with E-state index in [4.69, 9.17) is 0 Å². The van der Waals surface area contributed by atoms with Gasteiger partial charge in [-0.25, -0.2) is 0 Å². The molecule has 2 aliphatic rings. The summed E-state index contributed by atoms with van der Waals surface area (Å²) < 4.78 is 0. The molecular weight excluding hydrogens is 220 g/mol. The fourth-order valence-electron chi connectivity index (χ4n) is 3.64. The van der Waals surface area contributed by atoms with Gasteiger partial charge in [0.1, 0.15) is 0 Å². The molecule has 1 aromatic heterocycles. The van der Waals surface area contributed by atoms with E-state index in [-0.39, 0.29) is 0 Å². The van der Waals surface area contributed by atoms with E-state index in [0.29, 0.717) is 12.1 Å². The Bertz CT molecular complexity index is 426. The molecule has 5 atom stereocenters. The van der Waals surface area contributed by atoms with E-state index in [1.54, 1.807) is 0 Å². The molecule has 1 heterocycles. The first-order valence-corrected chi connectivity index (χ1v) is 7.08. The van der Waals surface area contributed by atoms with Crippen LogP contribution in [0, 0.1) is 17.8 Å². The fraction of sp³-hybridized carbons (Fsp3) is 0.562. The Kier molecular flexibility index (Phi) is 3.21. The molecule has 0 saturated heterocycles. The SMILES string of the molecule is CC(N[C@@H](C)c1cccnc1)C1CC2C=CC1C2. The zero-order valence-electron chi connectivity index (χ0n) is 11.2. The third kappa shape index (κ3) is 2.22. The van der Waals surface area contributed by atoms with Crippen LogP contribution >= 0.6 is 0 Å². The zero-order chi connectivity index (χ0) is 12.5. The number of pyridine rings is 1. The van der Waals surface area contributed by atoms with Crippen molar-refractivity contribution in [1.82, 2.24) is 10.3 Å². The molecule has 2 bridgehead atoms. The van der Waals surface area contributed by atoms with Crippen molar-refractivity contribution in [3.8, 4) is 0 Å². The second-order valence-electron chi connectivity index (χ2n) is 5.91. The molecular formula is C16H22N2. The summed E-state index contributed by atoms with van der Waals surface area (Å²) in [5, 5.41) is 3.75. The minimum atomic E-state index is 0.386. The summed E-state index contributed by atoms with van der Waals surface area (Å²) >= 11 is 0. The molecule has 2 heteroatoms. The van der Waals surface area contributed by atoms with E-state index in [0.717, 1.165) is 17.8 Å². The molecule has 1 saturated carbocycles. The summed E-state index contributed by atoms with van der Waals surface area (Å²) in [5.74, 6) is 2.50. The lowest BCUT2D eigenvalue weighted by Crippen LogP contribution is -2.37. The number of allylic oxidation sites excluding steroid dienone is 2. The van der Waals surface area contributed by atoms with Gasteiger partial charge in [-0.15, -0.1) is 0 Å². The van der Waals surface area contributed by atoms with Gasteiger partial charge in [0.25, 0.3) is 0 Å². The van der Waals surface area contributed by atoms with Crippen LogP contribution in [-0.2, 0) is 0 Å². The first kappa shape index (κ1) is 11.9. The van der Waals surface area contributed by atoms with Gasteiger partial charge in [0.15, 0.2) is 0 Å². The highest BCUT2D eigenvalue weighted by Crippen LogP contribution is 2.45. The minimum absolute atomic E-state index is 0.386. The van der Waals surface area contributed by atoms with Gasteiger partial charge in [0.2, 0.25) is 0 Å². The number of hydrogen-bond donors (Lipinski definition) is 1. The lowest BCUT2D eigenvalue weighted by molar-refractivity contribution is 0.307. The highest BCUT2D eigenvalue weighted by atomic mass is 15.0. The Balaban J connectivity index is 1.61. The summed E-state index contributed by atoms with van der Waals surface area (Å²) in [6, 6.07) is 5.13. The second-order valence-corrected chi connectivity index (χ2v) is 5.91. The molecule has 0 amide bonds. The highest BCUT2D eigenvalue weighted by Gasteiger charge is 2.38. The van der Waals surface area contributed by atoms with Gasteiger partial charge in [-0.3, -0.25) is 4.98 Å². The smallest absolute Gasteiger partial charge is 0.0315 e. The first-order chi connectivity index (χ1) is 8.74. The summed E-state index contributed by atoms with van der Waals surface area (Å²) in [6.07, 6.45) is 11.4. The summed E-state index contributed by atoms with van der Waals surface area (Å²) in [5.41, 5.74) is 1.28. The maximum atomic E-state index is 4.20. The Labute approximate surface area is 110 Å². The number of nitrogens with zero attached hydrogens (tertiary/aromatic N) is 1. The van der Waals surface area contributed by atoms with Gasteiger partial charge in [-0.2, -0.15) is 0 Å². The van der Waals surface area contributed by atoms with E-state index < -0.39 is 0 Å². The summed E-state index contributed by atoms with van der Waals surface area (Å²) in [4.78, 5) is 4.20. The molecule has 2 aliphatic carbocycles. The summed E-state index contributed by atoms with van der Waals surface area (Å²) in [6.45, 7) is 4.57. The number of nitrogens with one attached hydrogen (secondary N) is 1.